The van der Waals surface area contributed by atoms with Crippen LogP contribution in [0.15, 0.2) is 29.1 Å². The molecule has 2 atom stereocenters. The molecule has 3 rings (SSSR count). The summed E-state index contributed by atoms with van der Waals surface area (Å²) < 4.78 is 0. The molecular formula is C15H19N3O2. The van der Waals surface area contributed by atoms with Crippen molar-refractivity contribution in [1.29, 1.82) is 0 Å². The maximum atomic E-state index is 12.1. The van der Waals surface area contributed by atoms with Crippen LogP contribution in [-0.2, 0) is 0 Å². The van der Waals surface area contributed by atoms with Gasteiger partial charge in [-0.2, -0.15) is 0 Å². The summed E-state index contributed by atoms with van der Waals surface area (Å²) in [6.45, 7) is 3.42. The Bertz CT molecular complexity index is 665. The van der Waals surface area contributed by atoms with Crippen LogP contribution in [0.25, 0.3) is 10.9 Å². The number of hydrogen-bond acceptors (Lipinski definition) is 4. The van der Waals surface area contributed by atoms with E-state index in [9.17, 15) is 9.90 Å². The lowest BCUT2D eigenvalue weighted by molar-refractivity contribution is 0.114. The third-order valence-electron chi connectivity index (χ3n) is 4.04. The van der Waals surface area contributed by atoms with Crippen molar-refractivity contribution in [3.63, 3.8) is 0 Å². The minimum atomic E-state index is -0.329. The van der Waals surface area contributed by atoms with Gasteiger partial charge in [0.05, 0.1) is 17.0 Å². The summed E-state index contributed by atoms with van der Waals surface area (Å²) in [6, 6.07) is 7.35. The first-order valence-corrected chi connectivity index (χ1v) is 7.07. The second kappa shape index (κ2) is 5.25. The molecule has 1 aromatic heterocycles. The van der Waals surface area contributed by atoms with Crippen molar-refractivity contribution in [2.24, 2.45) is 5.92 Å². The molecule has 1 aliphatic rings. The number of aromatic amines is 1. The Morgan fingerprint density at radius 1 is 1.45 bits per heavy atom. The minimum absolute atomic E-state index is 0.107. The lowest BCUT2D eigenvalue weighted by atomic mass is 9.94. The molecule has 1 fully saturated rings. The van der Waals surface area contributed by atoms with E-state index in [1.807, 2.05) is 25.1 Å². The van der Waals surface area contributed by atoms with Crippen LogP contribution in [0.4, 0.5) is 5.95 Å². The molecule has 0 amide bonds. The highest BCUT2D eigenvalue weighted by molar-refractivity contribution is 5.78. The zero-order valence-electron chi connectivity index (χ0n) is 11.5. The number of anilines is 1. The highest BCUT2D eigenvalue weighted by Crippen LogP contribution is 2.23. The Balaban J connectivity index is 1.96. The highest BCUT2D eigenvalue weighted by atomic mass is 16.3. The number of para-hydroxylation sites is 1. The van der Waals surface area contributed by atoms with Gasteiger partial charge in [-0.05, 0) is 31.9 Å². The number of aromatic nitrogens is 2. The molecule has 106 valence electrons. The number of aliphatic hydroxyl groups excluding tert-OH is 1. The molecule has 5 nitrogen and oxygen atoms in total. The number of aliphatic hydroxyl groups is 1. The number of nitrogens with zero attached hydrogens (tertiary/aromatic N) is 2. The van der Waals surface area contributed by atoms with Crippen molar-refractivity contribution < 1.29 is 5.11 Å². The normalized spacial score (nSPS) is 21.1. The van der Waals surface area contributed by atoms with Crippen molar-refractivity contribution in [3.05, 3.63) is 34.6 Å². The average Bonchev–Trinajstić information content (AvgIpc) is 2.47. The Labute approximate surface area is 117 Å². The van der Waals surface area contributed by atoms with Gasteiger partial charge in [0, 0.05) is 19.0 Å². The van der Waals surface area contributed by atoms with Crippen molar-refractivity contribution in [2.75, 3.05) is 18.0 Å². The fourth-order valence-electron chi connectivity index (χ4n) is 2.82. The first-order valence-electron chi connectivity index (χ1n) is 7.07. The van der Waals surface area contributed by atoms with E-state index >= 15 is 0 Å². The lowest BCUT2D eigenvalue weighted by Gasteiger charge is -2.34. The summed E-state index contributed by atoms with van der Waals surface area (Å²) in [5.41, 5.74) is 0.607. The Kier molecular flexibility index (Phi) is 3.44. The molecule has 2 N–H and O–H groups in total. The van der Waals surface area contributed by atoms with E-state index in [1.54, 1.807) is 6.07 Å². The molecule has 0 bridgehead atoms. The maximum Gasteiger partial charge on any atom is 0.260 e. The first kappa shape index (κ1) is 13.1. The number of fused-ring (bicyclic) bond motifs is 1. The van der Waals surface area contributed by atoms with E-state index in [-0.39, 0.29) is 17.6 Å². The first-order chi connectivity index (χ1) is 9.65. The fraction of sp³-hybridized carbons (Fsp3) is 0.467. The predicted octanol–water partition coefficient (Wildman–Crippen LogP) is 1.52. The van der Waals surface area contributed by atoms with Gasteiger partial charge in [0.2, 0.25) is 5.95 Å². The molecule has 1 saturated heterocycles. The monoisotopic (exact) mass is 273 g/mol. The molecular weight excluding hydrogens is 254 g/mol. The molecule has 20 heavy (non-hydrogen) atoms. The van der Waals surface area contributed by atoms with E-state index in [0.29, 0.717) is 16.9 Å². The van der Waals surface area contributed by atoms with Crippen LogP contribution in [0, 0.1) is 5.92 Å². The van der Waals surface area contributed by atoms with Gasteiger partial charge in [0.1, 0.15) is 0 Å². The van der Waals surface area contributed by atoms with Crippen LogP contribution in [0.2, 0.25) is 0 Å². The molecule has 1 aliphatic heterocycles. The van der Waals surface area contributed by atoms with E-state index in [0.717, 1.165) is 25.9 Å². The van der Waals surface area contributed by atoms with Crippen LogP contribution in [-0.4, -0.2) is 34.3 Å². The Hall–Kier alpha value is -1.88. The highest BCUT2D eigenvalue weighted by Gasteiger charge is 2.25. The number of nitrogens with one attached hydrogen (secondary N) is 1. The van der Waals surface area contributed by atoms with Gasteiger partial charge in [0.15, 0.2) is 0 Å². The standard InChI is InChI=1S/C15H19N3O2/c1-10(19)11-5-4-8-18(9-11)15-16-13-7-3-2-6-12(13)14(20)17-15/h2-3,6-7,10-11,19H,4-5,8-9H2,1H3,(H,16,17,20). The van der Waals surface area contributed by atoms with Gasteiger partial charge in [0.25, 0.3) is 5.56 Å². The minimum Gasteiger partial charge on any atom is -0.393 e. The number of hydrogen-bond donors (Lipinski definition) is 2. The van der Waals surface area contributed by atoms with E-state index < -0.39 is 0 Å². The van der Waals surface area contributed by atoms with Crippen LogP contribution in [0.3, 0.4) is 0 Å². The molecule has 0 saturated carbocycles. The van der Waals surface area contributed by atoms with Crippen molar-refractivity contribution >= 4 is 16.9 Å². The van der Waals surface area contributed by atoms with Crippen molar-refractivity contribution in [2.45, 2.75) is 25.9 Å². The third kappa shape index (κ3) is 2.41. The summed E-state index contributed by atoms with van der Waals surface area (Å²) >= 11 is 0. The van der Waals surface area contributed by atoms with Gasteiger partial charge < -0.3 is 10.0 Å². The van der Waals surface area contributed by atoms with Gasteiger partial charge >= 0.3 is 0 Å². The maximum absolute atomic E-state index is 12.1. The molecule has 2 aromatic rings. The van der Waals surface area contributed by atoms with Crippen LogP contribution >= 0.6 is 0 Å². The Morgan fingerprint density at radius 2 is 2.25 bits per heavy atom. The quantitative estimate of drug-likeness (QED) is 0.870. The molecule has 2 unspecified atom stereocenters. The van der Waals surface area contributed by atoms with Crippen LogP contribution in [0.1, 0.15) is 19.8 Å². The predicted molar refractivity (Wildman–Crippen MR) is 79.0 cm³/mol. The summed E-state index contributed by atoms with van der Waals surface area (Å²) in [4.78, 5) is 21.5. The zero-order chi connectivity index (χ0) is 14.1. The summed E-state index contributed by atoms with van der Waals surface area (Å²) in [5, 5.41) is 10.4. The van der Waals surface area contributed by atoms with Crippen LogP contribution < -0.4 is 10.5 Å². The Morgan fingerprint density at radius 3 is 3.05 bits per heavy atom. The van der Waals surface area contributed by atoms with Gasteiger partial charge in [-0.1, -0.05) is 12.1 Å². The topological polar surface area (TPSA) is 69.2 Å². The van der Waals surface area contributed by atoms with Crippen LogP contribution in [0.5, 0.6) is 0 Å². The van der Waals surface area contributed by atoms with Crippen molar-refractivity contribution in [3.8, 4) is 0 Å². The molecule has 0 radical (unpaired) electrons. The summed E-state index contributed by atoms with van der Waals surface area (Å²) in [6.07, 6.45) is 1.70. The summed E-state index contributed by atoms with van der Waals surface area (Å²) in [5.74, 6) is 0.847. The van der Waals surface area contributed by atoms with Gasteiger partial charge in [-0.25, -0.2) is 4.98 Å². The third-order valence-corrected chi connectivity index (χ3v) is 4.04. The van der Waals surface area contributed by atoms with E-state index in [1.165, 1.54) is 0 Å². The fourth-order valence-corrected chi connectivity index (χ4v) is 2.82. The van der Waals surface area contributed by atoms with Gasteiger partial charge in [-0.15, -0.1) is 0 Å². The lowest BCUT2D eigenvalue weighted by Crippen LogP contribution is -2.41. The molecule has 2 heterocycles. The zero-order valence-corrected chi connectivity index (χ0v) is 11.5. The number of piperidine rings is 1. The van der Waals surface area contributed by atoms with E-state index in [4.69, 9.17) is 0 Å². The molecule has 0 aliphatic carbocycles. The molecule has 0 spiro atoms. The van der Waals surface area contributed by atoms with E-state index in [2.05, 4.69) is 14.9 Å². The second-order valence-corrected chi connectivity index (χ2v) is 5.50. The SMILES string of the molecule is CC(O)C1CCCN(c2nc3ccccc3c(=O)[nH]2)C1. The number of rotatable bonds is 2. The number of benzene rings is 1. The number of H-pyrrole nitrogens is 1. The molecule has 5 heteroatoms. The molecule has 1 aromatic carbocycles. The smallest absolute Gasteiger partial charge is 0.260 e. The average molecular weight is 273 g/mol. The van der Waals surface area contributed by atoms with Crippen molar-refractivity contribution in [1.82, 2.24) is 9.97 Å². The second-order valence-electron chi connectivity index (χ2n) is 5.50. The largest absolute Gasteiger partial charge is 0.393 e. The summed E-state index contributed by atoms with van der Waals surface area (Å²) in [7, 11) is 0. The van der Waals surface area contributed by atoms with Gasteiger partial charge in [-0.3, -0.25) is 9.78 Å².